The quantitative estimate of drug-likeness (QED) is 0.792. The Bertz CT molecular complexity index is 221. The van der Waals surface area contributed by atoms with E-state index in [1.165, 1.54) is 0 Å². The van der Waals surface area contributed by atoms with Crippen molar-refractivity contribution < 1.29 is 4.42 Å². The van der Waals surface area contributed by atoms with Crippen LogP contribution in [0.3, 0.4) is 0 Å². The zero-order valence-corrected chi connectivity index (χ0v) is 9.01. The molecule has 74 valence electrons. The summed E-state index contributed by atoms with van der Waals surface area (Å²) in [6, 6.07) is 3.90. The smallest absolute Gasteiger partial charge is 0.118 e. The fourth-order valence-electron chi connectivity index (χ4n) is 1.05. The number of furan rings is 1. The highest BCUT2D eigenvalue weighted by atomic mass is 32.2. The SMILES string of the molecule is CC(C)CSC(CN)c1ccco1. The van der Waals surface area contributed by atoms with Crippen LogP contribution in [0.2, 0.25) is 0 Å². The Hall–Kier alpha value is -0.410. The van der Waals surface area contributed by atoms with Crippen molar-refractivity contribution in [1.29, 1.82) is 0 Å². The van der Waals surface area contributed by atoms with Gasteiger partial charge >= 0.3 is 0 Å². The first-order valence-corrected chi connectivity index (χ1v) is 5.64. The predicted molar refractivity (Wildman–Crippen MR) is 57.8 cm³/mol. The molecule has 0 amide bonds. The van der Waals surface area contributed by atoms with E-state index >= 15 is 0 Å². The zero-order valence-electron chi connectivity index (χ0n) is 8.19. The number of hydrogen-bond acceptors (Lipinski definition) is 3. The lowest BCUT2D eigenvalue weighted by Crippen LogP contribution is -2.10. The summed E-state index contributed by atoms with van der Waals surface area (Å²) in [6.07, 6.45) is 1.70. The van der Waals surface area contributed by atoms with Gasteiger partial charge in [0.05, 0.1) is 11.5 Å². The van der Waals surface area contributed by atoms with Gasteiger partial charge in [-0.2, -0.15) is 0 Å². The lowest BCUT2D eigenvalue weighted by Gasteiger charge is -2.12. The summed E-state index contributed by atoms with van der Waals surface area (Å²) < 4.78 is 5.32. The molecular weight excluding hydrogens is 182 g/mol. The molecule has 0 aromatic carbocycles. The largest absolute Gasteiger partial charge is 0.468 e. The first kappa shape index (κ1) is 10.7. The van der Waals surface area contributed by atoms with Gasteiger partial charge < -0.3 is 10.2 Å². The predicted octanol–water partition coefficient (Wildman–Crippen LogP) is 2.67. The van der Waals surface area contributed by atoms with Gasteiger partial charge in [-0.3, -0.25) is 0 Å². The second kappa shape index (κ2) is 5.35. The molecule has 1 aromatic rings. The Morgan fingerprint density at radius 2 is 2.31 bits per heavy atom. The molecule has 0 fully saturated rings. The minimum absolute atomic E-state index is 0.317. The Morgan fingerprint density at radius 3 is 2.77 bits per heavy atom. The monoisotopic (exact) mass is 199 g/mol. The van der Waals surface area contributed by atoms with E-state index in [2.05, 4.69) is 13.8 Å². The second-order valence-corrected chi connectivity index (χ2v) is 4.70. The van der Waals surface area contributed by atoms with Gasteiger partial charge in [0.15, 0.2) is 0 Å². The Morgan fingerprint density at radius 1 is 1.54 bits per heavy atom. The Kier molecular flexibility index (Phi) is 4.39. The van der Waals surface area contributed by atoms with Crippen molar-refractivity contribution in [2.75, 3.05) is 12.3 Å². The molecule has 0 saturated heterocycles. The van der Waals surface area contributed by atoms with Gasteiger partial charge in [0.2, 0.25) is 0 Å². The van der Waals surface area contributed by atoms with Gasteiger partial charge in [0, 0.05) is 6.54 Å². The van der Waals surface area contributed by atoms with Gasteiger partial charge in [-0.15, -0.1) is 11.8 Å². The minimum atomic E-state index is 0.317. The van der Waals surface area contributed by atoms with Gasteiger partial charge in [0.25, 0.3) is 0 Å². The molecule has 0 radical (unpaired) electrons. The van der Waals surface area contributed by atoms with Crippen LogP contribution >= 0.6 is 11.8 Å². The molecule has 1 atom stereocenters. The van der Waals surface area contributed by atoms with E-state index in [4.69, 9.17) is 10.2 Å². The summed E-state index contributed by atoms with van der Waals surface area (Å²) in [5.74, 6) is 2.82. The molecule has 0 aliphatic rings. The van der Waals surface area contributed by atoms with Crippen LogP contribution in [-0.4, -0.2) is 12.3 Å². The lowest BCUT2D eigenvalue weighted by molar-refractivity contribution is 0.507. The molecule has 1 heterocycles. The standard InChI is InChI=1S/C10H17NOS/c1-8(2)7-13-10(6-11)9-4-3-5-12-9/h3-5,8,10H,6-7,11H2,1-2H3. The van der Waals surface area contributed by atoms with Crippen molar-refractivity contribution in [3.63, 3.8) is 0 Å². The van der Waals surface area contributed by atoms with E-state index in [1.54, 1.807) is 6.26 Å². The first-order valence-electron chi connectivity index (χ1n) is 4.59. The summed E-state index contributed by atoms with van der Waals surface area (Å²) in [6.45, 7) is 5.07. The molecule has 2 nitrogen and oxygen atoms in total. The summed E-state index contributed by atoms with van der Waals surface area (Å²) in [7, 11) is 0. The van der Waals surface area contributed by atoms with Crippen LogP contribution in [0, 0.1) is 5.92 Å². The minimum Gasteiger partial charge on any atom is -0.468 e. The first-order chi connectivity index (χ1) is 6.24. The molecular formula is C10H17NOS. The van der Waals surface area contributed by atoms with Crippen LogP contribution in [0.25, 0.3) is 0 Å². The van der Waals surface area contributed by atoms with Gasteiger partial charge in [-0.25, -0.2) is 0 Å². The van der Waals surface area contributed by atoms with E-state index in [-0.39, 0.29) is 0 Å². The van der Waals surface area contributed by atoms with E-state index in [0.29, 0.717) is 17.7 Å². The van der Waals surface area contributed by atoms with Crippen LogP contribution in [0.15, 0.2) is 22.8 Å². The van der Waals surface area contributed by atoms with Crippen LogP contribution in [0.4, 0.5) is 0 Å². The molecule has 2 N–H and O–H groups in total. The highest BCUT2D eigenvalue weighted by Crippen LogP contribution is 2.29. The van der Waals surface area contributed by atoms with E-state index < -0.39 is 0 Å². The van der Waals surface area contributed by atoms with Crippen molar-refractivity contribution in [3.8, 4) is 0 Å². The molecule has 0 spiro atoms. The number of hydrogen-bond donors (Lipinski definition) is 1. The molecule has 1 rings (SSSR count). The molecule has 0 bridgehead atoms. The number of rotatable bonds is 5. The summed E-state index contributed by atoms with van der Waals surface area (Å²) in [5.41, 5.74) is 5.67. The summed E-state index contributed by atoms with van der Waals surface area (Å²) >= 11 is 1.87. The van der Waals surface area contributed by atoms with E-state index in [9.17, 15) is 0 Å². The second-order valence-electron chi connectivity index (χ2n) is 3.47. The van der Waals surface area contributed by atoms with Crippen LogP contribution in [0.5, 0.6) is 0 Å². The Balaban J connectivity index is 2.44. The fourth-order valence-corrected chi connectivity index (χ4v) is 2.10. The third-order valence-electron chi connectivity index (χ3n) is 1.71. The molecule has 13 heavy (non-hydrogen) atoms. The third kappa shape index (κ3) is 3.44. The van der Waals surface area contributed by atoms with Crippen molar-refractivity contribution in [2.24, 2.45) is 11.7 Å². The zero-order chi connectivity index (χ0) is 9.68. The highest BCUT2D eigenvalue weighted by molar-refractivity contribution is 7.99. The van der Waals surface area contributed by atoms with Gasteiger partial charge in [-0.1, -0.05) is 13.8 Å². The number of thioether (sulfide) groups is 1. The molecule has 0 saturated carbocycles. The topological polar surface area (TPSA) is 39.2 Å². The maximum Gasteiger partial charge on any atom is 0.118 e. The fraction of sp³-hybridized carbons (Fsp3) is 0.600. The molecule has 0 aliphatic carbocycles. The third-order valence-corrected chi connectivity index (χ3v) is 3.39. The van der Waals surface area contributed by atoms with E-state index in [1.807, 2.05) is 23.9 Å². The molecule has 1 unspecified atom stereocenters. The van der Waals surface area contributed by atoms with Gasteiger partial charge in [0.1, 0.15) is 5.76 Å². The highest BCUT2D eigenvalue weighted by Gasteiger charge is 2.12. The van der Waals surface area contributed by atoms with Crippen LogP contribution < -0.4 is 5.73 Å². The lowest BCUT2D eigenvalue weighted by atomic mass is 10.3. The van der Waals surface area contributed by atoms with Crippen LogP contribution in [-0.2, 0) is 0 Å². The maximum absolute atomic E-state index is 5.67. The normalized spacial score (nSPS) is 13.5. The summed E-state index contributed by atoms with van der Waals surface area (Å²) in [4.78, 5) is 0. The van der Waals surface area contributed by atoms with Crippen molar-refractivity contribution >= 4 is 11.8 Å². The molecule has 0 aliphatic heterocycles. The van der Waals surface area contributed by atoms with Crippen LogP contribution in [0.1, 0.15) is 24.9 Å². The van der Waals surface area contributed by atoms with Crippen molar-refractivity contribution in [3.05, 3.63) is 24.2 Å². The number of nitrogens with two attached hydrogens (primary N) is 1. The summed E-state index contributed by atoms with van der Waals surface area (Å²) in [5, 5.41) is 0.317. The maximum atomic E-state index is 5.67. The molecule has 3 heteroatoms. The molecule has 1 aromatic heterocycles. The van der Waals surface area contributed by atoms with Crippen molar-refractivity contribution in [2.45, 2.75) is 19.1 Å². The Labute approximate surface area is 83.9 Å². The van der Waals surface area contributed by atoms with Crippen molar-refractivity contribution in [1.82, 2.24) is 0 Å². The average Bonchev–Trinajstić information content (AvgIpc) is 2.58. The van der Waals surface area contributed by atoms with Gasteiger partial charge in [-0.05, 0) is 23.8 Å². The average molecular weight is 199 g/mol. The van der Waals surface area contributed by atoms with E-state index in [0.717, 1.165) is 11.5 Å².